The second kappa shape index (κ2) is 8.79. The molecule has 0 saturated heterocycles. The van der Waals surface area contributed by atoms with Crippen LogP contribution in [-0.4, -0.2) is 18.2 Å². The van der Waals surface area contributed by atoms with E-state index in [0.717, 1.165) is 6.42 Å². The molecule has 2 atom stereocenters. The number of rotatable bonds is 8. The molecule has 0 aliphatic carbocycles. The van der Waals surface area contributed by atoms with Crippen LogP contribution < -0.4 is 0 Å². The second-order valence-electron chi connectivity index (χ2n) is 7.97. The van der Waals surface area contributed by atoms with Crippen LogP contribution in [0.4, 0.5) is 0 Å². The van der Waals surface area contributed by atoms with Crippen molar-refractivity contribution in [2.75, 3.05) is 6.61 Å². The predicted octanol–water partition coefficient (Wildman–Crippen LogP) is 6.75. The van der Waals surface area contributed by atoms with Crippen LogP contribution >= 0.6 is 0 Å². The minimum absolute atomic E-state index is 0.0672. The van der Waals surface area contributed by atoms with E-state index in [1.165, 1.54) is 27.1 Å². The topological polar surface area (TPSA) is 35.5 Å². The van der Waals surface area contributed by atoms with Crippen molar-refractivity contribution >= 4 is 27.5 Å². The molecule has 3 aromatic carbocycles. The fraction of sp³-hybridized carbons (Fsp3) is 0.346. The quantitative estimate of drug-likeness (QED) is 0.242. The van der Waals surface area contributed by atoms with Gasteiger partial charge in [-0.15, -0.1) is 0 Å². The third-order valence-corrected chi connectivity index (χ3v) is 5.67. The Morgan fingerprint density at radius 1 is 1.07 bits per heavy atom. The maximum absolute atomic E-state index is 11.9. The Kier molecular flexibility index (Phi) is 6.39. The summed E-state index contributed by atoms with van der Waals surface area (Å²) >= 11 is 0. The van der Waals surface area contributed by atoms with E-state index in [0.29, 0.717) is 18.6 Å². The monoisotopic (exact) mass is 390 g/mol. The molecular formula is C26H30O3. The zero-order chi connectivity index (χ0) is 21.0. The van der Waals surface area contributed by atoms with Gasteiger partial charge < -0.3 is 9.47 Å². The molecule has 3 aromatic rings. The third kappa shape index (κ3) is 4.68. The summed E-state index contributed by atoms with van der Waals surface area (Å²) in [5, 5.41) is 4.92. The largest absolute Gasteiger partial charge is 0.456 e. The highest BCUT2D eigenvalue weighted by Gasteiger charge is 2.27. The van der Waals surface area contributed by atoms with Crippen LogP contribution in [0.25, 0.3) is 21.5 Å². The first-order valence-corrected chi connectivity index (χ1v) is 10.3. The molecule has 0 fully saturated rings. The van der Waals surface area contributed by atoms with Crippen LogP contribution in [-0.2, 0) is 14.3 Å². The van der Waals surface area contributed by atoms with Gasteiger partial charge in [-0.05, 0) is 60.4 Å². The van der Waals surface area contributed by atoms with Gasteiger partial charge >= 0.3 is 5.97 Å². The van der Waals surface area contributed by atoms with Crippen LogP contribution in [0.5, 0.6) is 0 Å². The molecule has 0 heterocycles. The first-order valence-electron chi connectivity index (χ1n) is 10.3. The van der Waals surface area contributed by atoms with Crippen molar-refractivity contribution in [3.8, 4) is 0 Å². The molecule has 0 saturated carbocycles. The van der Waals surface area contributed by atoms with Gasteiger partial charge in [-0.25, -0.2) is 4.79 Å². The van der Waals surface area contributed by atoms with E-state index in [1.807, 2.05) is 13.8 Å². The molecule has 0 aliphatic rings. The molecule has 3 nitrogen and oxygen atoms in total. The molecule has 3 heteroatoms. The van der Waals surface area contributed by atoms with Crippen molar-refractivity contribution in [3.63, 3.8) is 0 Å². The maximum atomic E-state index is 11.9. The van der Waals surface area contributed by atoms with Gasteiger partial charge in [-0.1, -0.05) is 62.0 Å². The molecule has 3 rings (SSSR count). The number of carbonyl (C=O) groups excluding carboxylic acids is 1. The number of hydrogen-bond donors (Lipinski definition) is 0. The normalized spacial score (nSPS) is 14.5. The van der Waals surface area contributed by atoms with E-state index >= 15 is 0 Å². The summed E-state index contributed by atoms with van der Waals surface area (Å²) < 4.78 is 11.9. The molecule has 0 amide bonds. The van der Waals surface area contributed by atoms with Gasteiger partial charge in [0.15, 0.2) is 0 Å². The minimum atomic E-state index is -0.554. The number of esters is 1. The molecule has 0 aromatic heterocycles. The van der Waals surface area contributed by atoms with Crippen LogP contribution in [0.3, 0.4) is 0 Å². The number of hydrogen-bond acceptors (Lipinski definition) is 3. The zero-order valence-electron chi connectivity index (χ0n) is 17.8. The Morgan fingerprint density at radius 2 is 1.69 bits per heavy atom. The molecule has 152 valence electrons. The summed E-state index contributed by atoms with van der Waals surface area (Å²) in [6.07, 6.45) is 1.29. The fourth-order valence-electron chi connectivity index (χ4n) is 3.57. The Bertz CT molecular complexity index is 1040. The number of fused-ring (bicyclic) bond motifs is 3. The van der Waals surface area contributed by atoms with E-state index in [-0.39, 0.29) is 12.1 Å². The van der Waals surface area contributed by atoms with Gasteiger partial charge in [0.1, 0.15) is 5.60 Å². The SMILES string of the molecule is C=C(C)C(=O)OC(C)(CC)CCOC(C)c1cc2ccccc2c2ccccc12. The average Bonchev–Trinajstić information content (AvgIpc) is 2.73. The molecule has 0 spiro atoms. The first-order chi connectivity index (χ1) is 13.8. The van der Waals surface area contributed by atoms with Crippen molar-refractivity contribution < 1.29 is 14.3 Å². The van der Waals surface area contributed by atoms with Gasteiger partial charge in [-0.3, -0.25) is 0 Å². The van der Waals surface area contributed by atoms with Crippen LogP contribution in [0.1, 0.15) is 52.2 Å². The van der Waals surface area contributed by atoms with Crippen molar-refractivity contribution in [3.05, 3.63) is 72.3 Å². The molecule has 2 unspecified atom stereocenters. The fourth-order valence-corrected chi connectivity index (χ4v) is 3.57. The second-order valence-corrected chi connectivity index (χ2v) is 7.97. The smallest absolute Gasteiger partial charge is 0.333 e. The Hall–Kier alpha value is -2.65. The number of benzene rings is 3. The van der Waals surface area contributed by atoms with Gasteiger partial charge in [0.25, 0.3) is 0 Å². The lowest BCUT2D eigenvalue weighted by atomic mass is 9.95. The predicted molar refractivity (Wildman–Crippen MR) is 120 cm³/mol. The molecule has 0 aliphatic heterocycles. The van der Waals surface area contributed by atoms with Gasteiger partial charge in [0.05, 0.1) is 12.7 Å². The van der Waals surface area contributed by atoms with Crippen LogP contribution in [0, 0.1) is 0 Å². The average molecular weight is 391 g/mol. The highest BCUT2D eigenvalue weighted by atomic mass is 16.6. The maximum Gasteiger partial charge on any atom is 0.333 e. The van der Waals surface area contributed by atoms with Gasteiger partial charge in [0.2, 0.25) is 0 Å². The summed E-state index contributed by atoms with van der Waals surface area (Å²) in [5.41, 5.74) is 1.04. The highest BCUT2D eigenvalue weighted by molar-refractivity contribution is 6.09. The van der Waals surface area contributed by atoms with E-state index in [9.17, 15) is 4.79 Å². The lowest BCUT2D eigenvalue weighted by Gasteiger charge is -2.29. The highest BCUT2D eigenvalue weighted by Crippen LogP contribution is 2.33. The summed E-state index contributed by atoms with van der Waals surface area (Å²) in [7, 11) is 0. The first kappa shape index (κ1) is 21.1. The molecule has 29 heavy (non-hydrogen) atoms. The van der Waals surface area contributed by atoms with Crippen molar-refractivity contribution in [1.29, 1.82) is 0 Å². The lowest BCUT2D eigenvalue weighted by Crippen LogP contribution is -2.32. The molecule has 0 N–H and O–H groups in total. The lowest BCUT2D eigenvalue weighted by molar-refractivity contribution is -0.155. The summed E-state index contributed by atoms with van der Waals surface area (Å²) in [6.45, 7) is 11.9. The summed E-state index contributed by atoms with van der Waals surface area (Å²) in [5.74, 6) is -0.345. The van der Waals surface area contributed by atoms with Crippen molar-refractivity contribution in [2.24, 2.45) is 0 Å². The number of carbonyl (C=O) groups is 1. The molecule has 0 radical (unpaired) electrons. The zero-order valence-corrected chi connectivity index (χ0v) is 17.8. The van der Waals surface area contributed by atoms with Gasteiger partial charge in [-0.2, -0.15) is 0 Å². The van der Waals surface area contributed by atoms with Crippen LogP contribution in [0.15, 0.2) is 66.7 Å². The van der Waals surface area contributed by atoms with Gasteiger partial charge in [0, 0.05) is 12.0 Å². The molecular weight excluding hydrogens is 360 g/mol. The summed E-state index contributed by atoms with van der Waals surface area (Å²) in [4.78, 5) is 11.9. The van der Waals surface area contributed by atoms with E-state index in [2.05, 4.69) is 68.1 Å². The Balaban J connectivity index is 1.78. The van der Waals surface area contributed by atoms with E-state index in [4.69, 9.17) is 9.47 Å². The number of ether oxygens (including phenoxy) is 2. The Labute approximate surface area is 173 Å². The van der Waals surface area contributed by atoms with Crippen molar-refractivity contribution in [1.82, 2.24) is 0 Å². The van der Waals surface area contributed by atoms with E-state index < -0.39 is 5.60 Å². The molecule has 0 bridgehead atoms. The van der Waals surface area contributed by atoms with Crippen molar-refractivity contribution in [2.45, 2.75) is 52.2 Å². The third-order valence-electron chi connectivity index (χ3n) is 5.67. The van der Waals surface area contributed by atoms with E-state index in [1.54, 1.807) is 6.92 Å². The summed E-state index contributed by atoms with van der Waals surface area (Å²) in [6, 6.07) is 19.1. The van der Waals surface area contributed by atoms with Crippen LogP contribution in [0.2, 0.25) is 0 Å². The Morgan fingerprint density at radius 3 is 2.34 bits per heavy atom. The minimum Gasteiger partial charge on any atom is -0.456 e. The standard InChI is InChI=1S/C26H30O3/c1-6-26(5,29-25(27)18(2)3)15-16-28-19(4)24-17-20-11-7-8-12-21(20)22-13-9-10-14-23(22)24/h7-14,17,19H,2,6,15-16H2,1,3-5H3.